The zero-order chi connectivity index (χ0) is 20.1. The van der Waals surface area contributed by atoms with Crippen molar-refractivity contribution in [1.82, 2.24) is 5.32 Å². The van der Waals surface area contributed by atoms with Gasteiger partial charge in [-0.05, 0) is 49.6 Å². The molecular weight excluding hydrogens is 352 g/mol. The smallest absolute Gasteiger partial charge is 0.227 e. The van der Waals surface area contributed by atoms with Gasteiger partial charge in [0.2, 0.25) is 11.8 Å². The van der Waals surface area contributed by atoms with Crippen LogP contribution in [-0.2, 0) is 9.59 Å². The molecule has 0 aromatic heterocycles. The van der Waals surface area contributed by atoms with Crippen LogP contribution in [0.25, 0.3) is 0 Å². The van der Waals surface area contributed by atoms with Crippen LogP contribution in [0.1, 0.15) is 38.7 Å². The molecule has 1 heterocycles. The summed E-state index contributed by atoms with van der Waals surface area (Å²) >= 11 is 0. The minimum Gasteiger partial charge on any atom is -0.491 e. The fourth-order valence-corrected chi connectivity index (χ4v) is 3.41. The first kappa shape index (κ1) is 19.9. The van der Waals surface area contributed by atoms with Crippen LogP contribution >= 0.6 is 0 Å². The van der Waals surface area contributed by atoms with Gasteiger partial charge >= 0.3 is 0 Å². The summed E-state index contributed by atoms with van der Waals surface area (Å²) < 4.78 is 5.64. The molecule has 1 aliphatic heterocycles. The van der Waals surface area contributed by atoms with Crippen molar-refractivity contribution in [2.24, 2.45) is 5.92 Å². The lowest BCUT2D eigenvalue weighted by molar-refractivity contribution is -0.126. The highest BCUT2D eigenvalue weighted by Gasteiger charge is 2.35. The van der Waals surface area contributed by atoms with Crippen LogP contribution in [-0.4, -0.2) is 31.0 Å². The number of nitrogens with one attached hydrogen (secondary N) is 1. The van der Waals surface area contributed by atoms with Crippen molar-refractivity contribution in [3.8, 4) is 5.75 Å². The van der Waals surface area contributed by atoms with Crippen molar-refractivity contribution in [3.05, 3.63) is 60.2 Å². The molecule has 1 aliphatic rings. The van der Waals surface area contributed by atoms with Crippen molar-refractivity contribution in [2.45, 2.75) is 39.2 Å². The highest BCUT2D eigenvalue weighted by Crippen LogP contribution is 2.27. The lowest BCUT2D eigenvalue weighted by Gasteiger charge is -2.18. The minimum absolute atomic E-state index is 0.0196. The number of hydrogen-bond acceptors (Lipinski definition) is 3. The van der Waals surface area contributed by atoms with E-state index in [1.54, 1.807) is 4.90 Å². The summed E-state index contributed by atoms with van der Waals surface area (Å²) in [7, 11) is 0. The van der Waals surface area contributed by atoms with Gasteiger partial charge in [-0.25, -0.2) is 0 Å². The fraction of sp³-hybridized carbons (Fsp3) is 0.391. The van der Waals surface area contributed by atoms with Gasteiger partial charge in [0.05, 0.1) is 12.0 Å². The molecule has 0 unspecified atom stereocenters. The van der Waals surface area contributed by atoms with E-state index >= 15 is 0 Å². The number of carbonyl (C=O) groups is 2. The van der Waals surface area contributed by atoms with Gasteiger partial charge < -0.3 is 15.0 Å². The second kappa shape index (κ2) is 8.91. The van der Waals surface area contributed by atoms with Crippen LogP contribution in [0.5, 0.6) is 5.75 Å². The van der Waals surface area contributed by atoms with E-state index in [1.165, 1.54) is 5.56 Å². The third kappa shape index (κ3) is 4.91. The van der Waals surface area contributed by atoms with Gasteiger partial charge in [0.15, 0.2) is 0 Å². The predicted molar refractivity (Wildman–Crippen MR) is 111 cm³/mol. The number of amides is 2. The largest absolute Gasteiger partial charge is 0.491 e. The first-order valence-corrected chi connectivity index (χ1v) is 9.83. The highest BCUT2D eigenvalue weighted by molar-refractivity contribution is 6.00. The van der Waals surface area contributed by atoms with Crippen LogP contribution < -0.4 is 15.0 Å². The van der Waals surface area contributed by atoms with Crippen LogP contribution in [0.3, 0.4) is 0 Å². The Morgan fingerprint density at radius 3 is 2.43 bits per heavy atom. The van der Waals surface area contributed by atoms with E-state index in [-0.39, 0.29) is 36.2 Å². The lowest BCUT2D eigenvalue weighted by atomic mass is 10.0. The van der Waals surface area contributed by atoms with Gasteiger partial charge in [-0.1, -0.05) is 37.3 Å². The lowest BCUT2D eigenvalue weighted by Crippen LogP contribution is -2.35. The molecule has 5 nitrogen and oxygen atoms in total. The van der Waals surface area contributed by atoms with Crippen molar-refractivity contribution < 1.29 is 14.3 Å². The van der Waals surface area contributed by atoms with Gasteiger partial charge in [0.25, 0.3) is 0 Å². The molecule has 2 atom stereocenters. The Morgan fingerprint density at radius 2 is 1.79 bits per heavy atom. The average Bonchev–Trinajstić information content (AvgIpc) is 3.08. The zero-order valence-electron chi connectivity index (χ0n) is 16.7. The van der Waals surface area contributed by atoms with E-state index in [9.17, 15) is 9.59 Å². The molecule has 28 heavy (non-hydrogen) atoms. The van der Waals surface area contributed by atoms with E-state index in [1.807, 2.05) is 56.3 Å². The van der Waals surface area contributed by atoms with Crippen LogP contribution in [0.2, 0.25) is 0 Å². The number of anilines is 1. The summed E-state index contributed by atoms with van der Waals surface area (Å²) in [6.45, 7) is 7.01. The van der Waals surface area contributed by atoms with Gasteiger partial charge in [-0.2, -0.15) is 0 Å². The number of carbonyl (C=O) groups excluding carboxylic acids is 2. The third-order valence-electron chi connectivity index (χ3n) is 4.97. The Balaban J connectivity index is 1.55. The van der Waals surface area contributed by atoms with Crippen LogP contribution in [0.4, 0.5) is 5.69 Å². The summed E-state index contributed by atoms with van der Waals surface area (Å²) in [4.78, 5) is 26.7. The monoisotopic (exact) mass is 380 g/mol. The molecular formula is C23H28N2O3. The highest BCUT2D eigenvalue weighted by atomic mass is 16.5. The first-order valence-electron chi connectivity index (χ1n) is 9.83. The number of hydrogen-bond donors (Lipinski definition) is 1. The molecule has 5 heteroatoms. The van der Waals surface area contributed by atoms with Gasteiger partial charge in [-0.15, -0.1) is 0 Å². The van der Waals surface area contributed by atoms with E-state index in [2.05, 4.69) is 24.4 Å². The molecule has 3 rings (SSSR count). The number of ether oxygens (including phenoxy) is 1. The standard InChI is InChI=1S/C23H28N2O3/c1-16(2)28-21-11-9-20(10-12-21)25-15-19(13-22(25)26)23(27)24-14-17(3)18-7-5-4-6-8-18/h4-12,16-17,19H,13-15H2,1-3H3,(H,24,27)/t17-,19-/m0/s1. The summed E-state index contributed by atoms with van der Waals surface area (Å²) in [5, 5.41) is 3.01. The molecule has 1 saturated heterocycles. The van der Waals surface area contributed by atoms with Gasteiger partial charge in [0, 0.05) is 25.2 Å². The molecule has 0 aliphatic carbocycles. The van der Waals surface area contributed by atoms with Crippen molar-refractivity contribution >= 4 is 17.5 Å². The molecule has 148 valence electrons. The molecule has 1 fully saturated rings. The van der Waals surface area contributed by atoms with E-state index in [4.69, 9.17) is 4.74 Å². The van der Waals surface area contributed by atoms with E-state index in [0.29, 0.717) is 13.1 Å². The van der Waals surface area contributed by atoms with Gasteiger partial charge in [0.1, 0.15) is 5.75 Å². The summed E-state index contributed by atoms with van der Waals surface area (Å²) in [5.74, 6) is 0.607. The van der Waals surface area contributed by atoms with Crippen molar-refractivity contribution in [3.63, 3.8) is 0 Å². The average molecular weight is 380 g/mol. The zero-order valence-corrected chi connectivity index (χ0v) is 16.7. The summed E-state index contributed by atoms with van der Waals surface area (Å²) in [6, 6.07) is 17.6. The van der Waals surface area contributed by atoms with Crippen LogP contribution in [0, 0.1) is 5.92 Å². The molecule has 0 saturated carbocycles. The Labute approximate surface area is 166 Å². The van der Waals surface area contributed by atoms with Crippen molar-refractivity contribution in [1.29, 1.82) is 0 Å². The number of benzene rings is 2. The van der Waals surface area contributed by atoms with E-state index < -0.39 is 0 Å². The first-order chi connectivity index (χ1) is 13.4. The second-order valence-electron chi connectivity index (χ2n) is 7.62. The Kier molecular flexibility index (Phi) is 6.34. The van der Waals surface area contributed by atoms with E-state index in [0.717, 1.165) is 11.4 Å². The topological polar surface area (TPSA) is 58.6 Å². The van der Waals surface area contributed by atoms with Gasteiger partial charge in [-0.3, -0.25) is 9.59 Å². The normalized spacial score (nSPS) is 17.6. The maximum atomic E-state index is 12.6. The molecule has 2 amide bonds. The predicted octanol–water partition coefficient (Wildman–Crippen LogP) is 3.75. The number of rotatable bonds is 7. The molecule has 0 bridgehead atoms. The minimum atomic E-state index is -0.318. The maximum absolute atomic E-state index is 12.6. The van der Waals surface area contributed by atoms with Crippen molar-refractivity contribution in [2.75, 3.05) is 18.0 Å². The molecule has 0 spiro atoms. The third-order valence-corrected chi connectivity index (χ3v) is 4.97. The Hall–Kier alpha value is -2.82. The number of nitrogens with zero attached hydrogens (tertiary/aromatic N) is 1. The van der Waals surface area contributed by atoms with Crippen LogP contribution in [0.15, 0.2) is 54.6 Å². The quantitative estimate of drug-likeness (QED) is 0.796. The molecule has 2 aromatic rings. The molecule has 2 aromatic carbocycles. The Morgan fingerprint density at radius 1 is 1.11 bits per heavy atom. The fourth-order valence-electron chi connectivity index (χ4n) is 3.41. The maximum Gasteiger partial charge on any atom is 0.227 e. The SMILES string of the molecule is CC(C)Oc1ccc(N2C[C@@H](C(=O)NC[C@H](C)c3ccccc3)CC2=O)cc1. The molecule has 0 radical (unpaired) electrons. The Bertz CT molecular complexity index is 802. The summed E-state index contributed by atoms with van der Waals surface area (Å²) in [5.41, 5.74) is 1.99. The molecule has 1 N–H and O–H groups in total. The summed E-state index contributed by atoms with van der Waals surface area (Å²) in [6.07, 6.45) is 0.348. The second-order valence-corrected chi connectivity index (χ2v) is 7.62.